The van der Waals surface area contributed by atoms with Crippen molar-refractivity contribution in [1.82, 2.24) is 0 Å². The molecule has 0 aromatic carbocycles. The molecule has 0 amide bonds. The SMILES string of the molecule is CCc1ccc(C(C)CC2OC2C)s1. The van der Waals surface area contributed by atoms with Gasteiger partial charge in [0, 0.05) is 9.75 Å². The predicted molar refractivity (Wildman–Crippen MR) is 61.1 cm³/mol. The Morgan fingerprint density at radius 3 is 2.71 bits per heavy atom. The molecule has 0 radical (unpaired) electrons. The van der Waals surface area contributed by atoms with Gasteiger partial charge in [-0.2, -0.15) is 0 Å². The summed E-state index contributed by atoms with van der Waals surface area (Å²) in [6.07, 6.45) is 3.37. The molecule has 2 heteroatoms. The van der Waals surface area contributed by atoms with Gasteiger partial charge in [-0.3, -0.25) is 0 Å². The summed E-state index contributed by atoms with van der Waals surface area (Å²) in [5, 5.41) is 0. The van der Waals surface area contributed by atoms with Crippen molar-refractivity contribution in [1.29, 1.82) is 0 Å². The Labute approximate surface area is 90.1 Å². The molecule has 1 fully saturated rings. The van der Waals surface area contributed by atoms with Gasteiger partial charge in [0.05, 0.1) is 12.2 Å². The summed E-state index contributed by atoms with van der Waals surface area (Å²) < 4.78 is 5.45. The van der Waals surface area contributed by atoms with Crippen molar-refractivity contribution in [3.05, 3.63) is 21.9 Å². The van der Waals surface area contributed by atoms with E-state index in [2.05, 4.69) is 32.9 Å². The Morgan fingerprint density at radius 1 is 1.50 bits per heavy atom. The molecule has 2 heterocycles. The highest BCUT2D eigenvalue weighted by molar-refractivity contribution is 7.12. The minimum absolute atomic E-state index is 0.503. The molecule has 2 rings (SSSR count). The van der Waals surface area contributed by atoms with Crippen LogP contribution in [0.4, 0.5) is 0 Å². The van der Waals surface area contributed by atoms with Gasteiger partial charge < -0.3 is 4.74 Å². The molecule has 3 atom stereocenters. The third kappa shape index (κ3) is 2.18. The maximum absolute atomic E-state index is 5.45. The van der Waals surface area contributed by atoms with Crippen molar-refractivity contribution in [2.75, 3.05) is 0 Å². The maximum Gasteiger partial charge on any atom is 0.0845 e. The van der Waals surface area contributed by atoms with E-state index < -0.39 is 0 Å². The standard InChI is InChI=1S/C12H18OS/c1-4-10-5-6-12(14-10)8(2)7-11-9(3)13-11/h5-6,8-9,11H,4,7H2,1-3H3. The fourth-order valence-corrected chi connectivity index (χ4v) is 2.81. The van der Waals surface area contributed by atoms with E-state index in [0.29, 0.717) is 18.1 Å². The summed E-state index contributed by atoms with van der Waals surface area (Å²) in [6.45, 7) is 6.68. The van der Waals surface area contributed by atoms with E-state index in [-0.39, 0.29) is 0 Å². The average Bonchev–Trinajstić information content (AvgIpc) is 2.72. The number of thiophene rings is 1. The van der Waals surface area contributed by atoms with Gasteiger partial charge in [0.25, 0.3) is 0 Å². The average molecular weight is 210 g/mol. The van der Waals surface area contributed by atoms with Crippen LogP contribution >= 0.6 is 11.3 Å². The van der Waals surface area contributed by atoms with Crippen LogP contribution in [-0.2, 0) is 11.2 Å². The van der Waals surface area contributed by atoms with Gasteiger partial charge >= 0.3 is 0 Å². The van der Waals surface area contributed by atoms with Gasteiger partial charge in [-0.05, 0) is 37.8 Å². The molecular weight excluding hydrogens is 192 g/mol. The van der Waals surface area contributed by atoms with Gasteiger partial charge in [-0.15, -0.1) is 11.3 Å². The lowest BCUT2D eigenvalue weighted by Crippen LogP contribution is -1.97. The van der Waals surface area contributed by atoms with E-state index in [1.54, 1.807) is 0 Å². The lowest BCUT2D eigenvalue weighted by molar-refractivity contribution is 0.363. The van der Waals surface area contributed by atoms with Crippen LogP contribution < -0.4 is 0 Å². The molecule has 3 unspecified atom stereocenters. The molecule has 1 aromatic rings. The molecule has 78 valence electrons. The van der Waals surface area contributed by atoms with Crippen molar-refractivity contribution in [3.63, 3.8) is 0 Å². The molecule has 1 aliphatic heterocycles. The molecular formula is C12H18OS. The molecule has 0 bridgehead atoms. The molecule has 0 N–H and O–H groups in total. The number of epoxide rings is 1. The van der Waals surface area contributed by atoms with Crippen molar-refractivity contribution in [3.8, 4) is 0 Å². The topological polar surface area (TPSA) is 12.5 Å². The van der Waals surface area contributed by atoms with Gasteiger partial charge in [-0.1, -0.05) is 13.8 Å². The van der Waals surface area contributed by atoms with Crippen LogP contribution in [0.3, 0.4) is 0 Å². The van der Waals surface area contributed by atoms with Crippen LogP contribution in [-0.4, -0.2) is 12.2 Å². The van der Waals surface area contributed by atoms with Crippen LogP contribution in [0.2, 0.25) is 0 Å². The van der Waals surface area contributed by atoms with E-state index >= 15 is 0 Å². The highest BCUT2D eigenvalue weighted by Gasteiger charge is 2.35. The first-order chi connectivity index (χ1) is 6.70. The summed E-state index contributed by atoms with van der Waals surface area (Å²) in [7, 11) is 0. The Balaban J connectivity index is 1.93. The quantitative estimate of drug-likeness (QED) is 0.692. The van der Waals surface area contributed by atoms with Crippen molar-refractivity contribution < 1.29 is 4.74 Å². The first kappa shape index (κ1) is 10.2. The van der Waals surface area contributed by atoms with Crippen LogP contribution in [0.25, 0.3) is 0 Å². The second-order valence-corrected chi connectivity index (χ2v) is 5.37. The van der Waals surface area contributed by atoms with Crippen molar-refractivity contribution >= 4 is 11.3 Å². The number of rotatable bonds is 4. The van der Waals surface area contributed by atoms with Gasteiger partial charge in [0.15, 0.2) is 0 Å². The zero-order valence-electron chi connectivity index (χ0n) is 9.12. The van der Waals surface area contributed by atoms with Gasteiger partial charge in [0.1, 0.15) is 0 Å². The molecule has 0 saturated carbocycles. The second kappa shape index (κ2) is 4.03. The van der Waals surface area contributed by atoms with Gasteiger partial charge in [0.2, 0.25) is 0 Å². The van der Waals surface area contributed by atoms with Crippen LogP contribution in [0.1, 0.15) is 42.9 Å². The summed E-state index contributed by atoms with van der Waals surface area (Å²) >= 11 is 1.96. The van der Waals surface area contributed by atoms with Gasteiger partial charge in [-0.25, -0.2) is 0 Å². The second-order valence-electron chi connectivity index (χ2n) is 4.17. The molecule has 1 nitrogen and oxygen atoms in total. The molecule has 14 heavy (non-hydrogen) atoms. The summed E-state index contributed by atoms with van der Waals surface area (Å²) in [4.78, 5) is 3.01. The van der Waals surface area contributed by atoms with Crippen molar-refractivity contribution in [2.45, 2.75) is 51.7 Å². The van der Waals surface area contributed by atoms with E-state index in [1.165, 1.54) is 16.2 Å². The minimum Gasteiger partial charge on any atom is -0.370 e. The fraction of sp³-hybridized carbons (Fsp3) is 0.667. The number of hydrogen-bond donors (Lipinski definition) is 0. The smallest absolute Gasteiger partial charge is 0.0845 e. The number of hydrogen-bond acceptors (Lipinski definition) is 2. The number of ether oxygens (including phenoxy) is 1. The largest absolute Gasteiger partial charge is 0.370 e. The zero-order valence-corrected chi connectivity index (χ0v) is 9.93. The van der Waals surface area contributed by atoms with Crippen LogP contribution in [0.5, 0.6) is 0 Å². The first-order valence-electron chi connectivity index (χ1n) is 5.44. The Hall–Kier alpha value is -0.340. The molecule has 0 aliphatic carbocycles. The maximum atomic E-state index is 5.45. The van der Waals surface area contributed by atoms with E-state index in [9.17, 15) is 0 Å². The molecule has 1 aliphatic rings. The number of aryl methyl sites for hydroxylation is 1. The normalized spacial score (nSPS) is 27.6. The summed E-state index contributed by atoms with van der Waals surface area (Å²) in [5.74, 6) is 0.662. The van der Waals surface area contributed by atoms with E-state index in [4.69, 9.17) is 4.74 Å². The predicted octanol–water partition coefficient (Wildman–Crippen LogP) is 3.59. The van der Waals surface area contributed by atoms with Crippen LogP contribution in [0.15, 0.2) is 12.1 Å². The third-order valence-electron chi connectivity index (χ3n) is 2.94. The first-order valence-corrected chi connectivity index (χ1v) is 6.26. The third-order valence-corrected chi connectivity index (χ3v) is 4.40. The summed E-state index contributed by atoms with van der Waals surface area (Å²) in [5.41, 5.74) is 0. The Kier molecular flexibility index (Phi) is 2.93. The minimum atomic E-state index is 0.503. The Bertz CT molecular complexity index is 305. The van der Waals surface area contributed by atoms with E-state index in [1.807, 2.05) is 11.3 Å². The Morgan fingerprint density at radius 2 is 2.21 bits per heavy atom. The molecule has 1 aromatic heterocycles. The highest BCUT2D eigenvalue weighted by Crippen LogP contribution is 2.34. The zero-order chi connectivity index (χ0) is 10.1. The molecule has 0 spiro atoms. The lowest BCUT2D eigenvalue weighted by Gasteiger charge is -2.05. The van der Waals surface area contributed by atoms with Crippen LogP contribution in [0, 0.1) is 0 Å². The monoisotopic (exact) mass is 210 g/mol. The van der Waals surface area contributed by atoms with Crippen molar-refractivity contribution in [2.24, 2.45) is 0 Å². The highest BCUT2D eigenvalue weighted by atomic mass is 32.1. The summed E-state index contributed by atoms with van der Waals surface area (Å²) in [6, 6.07) is 4.54. The van der Waals surface area contributed by atoms with E-state index in [0.717, 1.165) is 6.42 Å². The molecule has 1 saturated heterocycles. The lowest BCUT2D eigenvalue weighted by atomic mass is 10.0. The fourth-order valence-electron chi connectivity index (χ4n) is 1.79.